The molecule has 6 nitrogen and oxygen atoms in total. The molecule has 1 saturated heterocycles. The highest BCUT2D eigenvalue weighted by atomic mass is 16.5. The Morgan fingerprint density at radius 1 is 1.38 bits per heavy atom. The first-order valence-corrected chi connectivity index (χ1v) is 8.53. The van der Waals surface area contributed by atoms with Gasteiger partial charge in [-0.2, -0.15) is 0 Å². The fourth-order valence-electron chi connectivity index (χ4n) is 2.67. The number of benzene rings is 1. The third-order valence-electron chi connectivity index (χ3n) is 4.28. The van der Waals surface area contributed by atoms with Gasteiger partial charge in [0, 0.05) is 19.6 Å². The molecule has 0 spiro atoms. The Morgan fingerprint density at radius 2 is 2.12 bits per heavy atom. The minimum Gasteiger partial charge on any atom is -0.484 e. The summed E-state index contributed by atoms with van der Waals surface area (Å²) in [7, 11) is 0. The van der Waals surface area contributed by atoms with Crippen LogP contribution in [0.4, 0.5) is 0 Å². The molecule has 1 aromatic rings. The van der Waals surface area contributed by atoms with Crippen molar-refractivity contribution in [2.45, 2.75) is 19.8 Å². The van der Waals surface area contributed by atoms with Gasteiger partial charge in [-0.05, 0) is 37.4 Å². The maximum Gasteiger partial charge on any atom is 0.260 e. The van der Waals surface area contributed by atoms with Crippen molar-refractivity contribution < 1.29 is 14.3 Å². The number of para-hydroxylation sites is 1. The fraction of sp³-hybridized carbons (Fsp3) is 0.556. The zero-order chi connectivity index (χ0) is 17.4. The zero-order valence-corrected chi connectivity index (χ0v) is 14.2. The summed E-state index contributed by atoms with van der Waals surface area (Å²) in [5, 5.41) is 2.93. The molecule has 24 heavy (non-hydrogen) atoms. The number of nitrogens with one attached hydrogen (secondary N) is 1. The molecule has 6 heteroatoms. The van der Waals surface area contributed by atoms with E-state index in [4.69, 9.17) is 10.5 Å². The van der Waals surface area contributed by atoms with Gasteiger partial charge in [-0.1, -0.05) is 25.1 Å². The monoisotopic (exact) mass is 333 g/mol. The van der Waals surface area contributed by atoms with Crippen molar-refractivity contribution in [1.82, 2.24) is 10.2 Å². The molecule has 1 aliphatic rings. The largest absolute Gasteiger partial charge is 0.484 e. The number of hydrogen-bond acceptors (Lipinski definition) is 4. The first-order chi connectivity index (χ1) is 11.6. The SMILES string of the molecule is CC(CN)CNC(=O)C1CCCN(C(=O)COc2ccccc2)C1. The molecule has 2 unspecified atom stereocenters. The summed E-state index contributed by atoms with van der Waals surface area (Å²) in [5.74, 6) is 0.718. The van der Waals surface area contributed by atoms with E-state index in [1.807, 2.05) is 37.3 Å². The third-order valence-corrected chi connectivity index (χ3v) is 4.28. The summed E-state index contributed by atoms with van der Waals surface area (Å²) < 4.78 is 5.50. The van der Waals surface area contributed by atoms with Crippen molar-refractivity contribution in [3.8, 4) is 5.75 Å². The Kier molecular flexibility index (Phi) is 7.06. The zero-order valence-electron chi connectivity index (χ0n) is 14.2. The van der Waals surface area contributed by atoms with E-state index in [9.17, 15) is 9.59 Å². The number of ether oxygens (including phenoxy) is 1. The van der Waals surface area contributed by atoms with Crippen LogP contribution in [0.15, 0.2) is 30.3 Å². The molecule has 0 saturated carbocycles. The van der Waals surface area contributed by atoms with Gasteiger partial charge in [-0.25, -0.2) is 0 Å². The van der Waals surface area contributed by atoms with Crippen LogP contribution in [0.3, 0.4) is 0 Å². The van der Waals surface area contributed by atoms with E-state index >= 15 is 0 Å². The predicted octanol–water partition coefficient (Wildman–Crippen LogP) is 1.02. The highest BCUT2D eigenvalue weighted by Gasteiger charge is 2.28. The number of amides is 2. The van der Waals surface area contributed by atoms with Crippen LogP contribution in [0.2, 0.25) is 0 Å². The van der Waals surface area contributed by atoms with Gasteiger partial charge in [0.15, 0.2) is 6.61 Å². The van der Waals surface area contributed by atoms with Crippen LogP contribution in [-0.2, 0) is 9.59 Å². The minimum atomic E-state index is -0.149. The van der Waals surface area contributed by atoms with Crippen molar-refractivity contribution in [2.24, 2.45) is 17.6 Å². The van der Waals surface area contributed by atoms with Gasteiger partial charge >= 0.3 is 0 Å². The first kappa shape index (κ1) is 18.3. The maximum atomic E-state index is 12.3. The summed E-state index contributed by atoms with van der Waals surface area (Å²) in [6.45, 7) is 4.27. The Labute approximate surface area is 143 Å². The van der Waals surface area contributed by atoms with Gasteiger partial charge in [0.25, 0.3) is 5.91 Å². The van der Waals surface area contributed by atoms with Crippen LogP contribution in [0.1, 0.15) is 19.8 Å². The molecule has 1 aliphatic heterocycles. The number of likely N-dealkylation sites (tertiary alicyclic amines) is 1. The van der Waals surface area contributed by atoms with Crippen LogP contribution in [0, 0.1) is 11.8 Å². The van der Waals surface area contributed by atoms with E-state index < -0.39 is 0 Å². The standard InChI is InChI=1S/C18H27N3O3/c1-14(10-19)11-20-18(23)15-6-5-9-21(12-15)17(22)13-24-16-7-3-2-4-8-16/h2-4,7-8,14-15H,5-6,9-13,19H2,1H3,(H,20,23). The molecule has 1 heterocycles. The molecule has 2 atom stereocenters. The van der Waals surface area contributed by atoms with E-state index in [1.54, 1.807) is 4.90 Å². The molecule has 0 aromatic heterocycles. The van der Waals surface area contributed by atoms with Gasteiger partial charge in [0.1, 0.15) is 5.75 Å². The molecule has 0 bridgehead atoms. The highest BCUT2D eigenvalue weighted by Crippen LogP contribution is 2.17. The van der Waals surface area contributed by atoms with Gasteiger partial charge in [-0.15, -0.1) is 0 Å². The Balaban J connectivity index is 1.79. The van der Waals surface area contributed by atoms with Gasteiger partial charge in [-0.3, -0.25) is 9.59 Å². The third kappa shape index (κ3) is 5.53. The average Bonchev–Trinajstić information content (AvgIpc) is 2.64. The molecule has 0 aliphatic carbocycles. The molecular formula is C18H27N3O3. The lowest BCUT2D eigenvalue weighted by Crippen LogP contribution is -2.47. The number of nitrogens with two attached hydrogens (primary N) is 1. The molecule has 2 rings (SSSR count). The van der Waals surface area contributed by atoms with Gasteiger partial charge < -0.3 is 20.7 Å². The summed E-state index contributed by atoms with van der Waals surface area (Å²) in [4.78, 5) is 26.3. The smallest absolute Gasteiger partial charge is 0.260 e. The maximum absolute atomic E-state index is 12.3. The van der Waals surface area contributed by atoms with Crippen LogP contribution in [0.25, 0.3) is 0 Å². The van der Waals surface area contributed by atoms with E-state index in [0.717, 1.165) is 12.8 Å². The molecule has 3 N–H and O–H groups in total. The minimum absolute atomic E-state index is 0.00254. The number of hydrogen-bond donors (Lipinski definition) is 2. The summed E-state index contributed by atoms with van der Waals surface area (Å²) >= 11 is 0. The summed E-state index contributed by atoms with van der Waals surface area (Å²) in [5.41, 5.74) is 5.56. The lowest BCUT2D eigenvalue weighted by atomic mass is 9.97. The van der Waals surface area contributed by atoms with Crippen LogP contribution in [-0.4, -0.2) is 49.5 Å². The number of piperidine rings is 1. The second-order valence-electron chi connectivity index (χ2n) is 6.37. The van der Waals surface area contributed by atoms with Crippen LogP contribution >= 0.6 is 0 Å². The summed E-state index contributed by atoms with van der Waals surface area (Å²) in [6, 6.07) is 9.26. The lowest BCUT2D eigenvalue weighted by molar-refractivity contribution is -0.137. The van der Waals surface area contributed by atoms with E-state index in [2.05, 4.69) is 5.32 Å². The molecule has 1 aromatic carbocycles. The number of rotatable bonds is 7. The van der Waals surface area contributed by atoms with Crippen molar-refractivity contribution >= 4 is 11.8 Å². The molecular weight excluding hydrogens is 306 g/mol. The quantitative estimate of drug-likeness (QED) is 0.780. The van der Waals surface area contributed by atoms with Gasteiger partial charge in [0.05, 0.1) is 5.92 Å². The molecule has 132 valence electrons. The second-order valence-corrected chi connectivity index (χ2v) is 6.37. The topological polar surface area (TPSA) is 84.7 Å². The highest BCUT2D eigenvalue weighted by molar-refractivity contribution is 5.82. The molecule has 1 fully saturated rings. The average molecular weight is 333 g/mol. The Morgan fingerprint density at radius 3 is 2.83 bits per heavy atom. The van der Waals surface area contributed by atoms with E-state index in [-0.39, 0.29) is 30.3 Å². The van der Waals surface area contributed by atoms with Crippen molar-refractivity contribution in [2.75, 3.05) is 32.8 Å². The number of nitrogens with zero attached hydrogens (tertiary/aromatic N) is 1. The van der Waals surface area contributed by atoms with Crippen molar-refractivity contribution in [1.29, 1.82) is 0 Å². The van der Waals surface area contributed by atoms with Crippen LogP contribution in [0.5, 0.6) is 5.75 Å². The second kappa shape index (κ2) is 9.27. The normalized spacial score (nSPS) is 18.8. The van der Waals surface area contributed by atoms with Crippen LogP contribution < -0.4 is 15.8 Å². The molecule has 2 amide bonds. The van der Waals surface area contributed by atoms with Gasteiger partial charge in [0.2, 0.25) is 5.91 Å². The number of carbonyl (C=O) groups excluding carboxylic acids is 2. The van der Waals surface area contributed by atoms with E-state index in [1.165, 1.54) is 0 Å². The lowest BCUT2D eigenvalue weighted by Gasteiger charge is -2.32. The summed E-state index contributed by atoms with van der Waals surface area (Å²) in [6.07, 6.45) is 1.65. The molecule has 0 radical (unpaired) electrons. The number of carbonyl (C=O) groups is 2. The predicted molar refractivity (Wildman–Crippen MR) is 92.5 cm³/mol. The Hall–Kier alpha value is -2.08. The first-order valence-electron chi connectivity index (χ1n) is 8.53. The fourth-order valence-corrected chi connectivity index (χ4v) is 2.67. The van der Waals surface area contributed by atoms with Crippen molar-refractivity contribution in [3.63, 3.8) is 0 Å². The Bertz CT molecular complexity index is 536. The van der Waals surface area contributed by atoms with E-state index in [0.29, 0.717) is 31.9 Å². The van der Waals surface area contributed by atoms with Crippen molar-refractivity contribution in [3.05, 3.63) is 30.3 Å².